The van der Waals surface area contributed by atoms with Crippen molar-refractivity contribution in [1.82, 2.24) is 4.90 Å². The van der Waals surface area contributed by atoms with Gasteiger partial charge in [-0.15, -0.1) is 13.2 Å². The van der Waals surface area contributed by atoms with Gasteiger partial charge in [0.15, 0.2) is 0 Å². The molecule has 1 atom stereocenters. The minimum Gasteiger partial charge on any atom is -0.406 e. The summed E-state index contributed by atoms with van der Waals surface area (Å²) in [5.41, 5.74) is 7.04. The van der Waals surface area contributed by atoms with Gasteiger partial charge in [-0.3, -0.25) is 4.90 Å². The number of hydrogen-bond acceptors (Lipinski definition) is 3. The molecule has 1 unspecified atom stereocenters. The van der Waals surface area contributed by atoms with Gasteiger partial charge in [0.25, 0.3) is 0 Å². The topological polar surface area (TPSA) is 38.5 Å². The van der Waals surface area contributed by atoms with Gasteiger partial charge in [0.2, 0.25) is 0 Å². The number of hydrogen-bond donors (Lipinski definition) is 1. The Labute approximate surface area is 122 Å². The van der Waals surface area contributed by atoms with E-state index in [2.05, 4.69) is 23.5 Å². The molecular weight excluding hydrogens is 281 g/mol. The molecule has 2 N–H and O–H groups in total. The number of rotatable bonds is 4. The third kappa shape index (κ3) is 4.35. The number of benzene rings is 1. The van der Waals surface area contributed by atoms with Crippen molar-refractivity contribution in [3.05, 3.63) is 29.8 Å². The first-order valence-electron chi connectivity index (χ1n) is 7.00. The van der Waals surface area contributed by atoms with Crippen molar-refractivity contribution in [3.63, 3.8) is 0 Å². The van der Waals surface area contributed by atoms with Gasteiger partial charge in [-0.25, -0.2) is 0 Å². The number of nitrogens with two attached hydrogens (primary N) is 1. The van der Waals surface area contributed by atoms with Gasteiger partial charge >= 0.3 is 6.36 Å². The number of likely N-dealkylation sites (tertiary alicyclic amines) is 1. The van der Waals surface area contributed by atoms with E-state index in [-0.39, 0.29) is 17.2 Å². The number of ether oxygens (including phenoxy) is 1. The highest BCUT2D eigenvalue weighted by molar-refractivity contribution is 5.29. The van der Waals surface area contributed by atoms with Gasteiger partial charge in [0.05, 0.1) is 0 Å². The molecule has 21 heavy (non-hydrogen) atoms. The quantitative estimate of drug-likeness (QED) is 0.927. The standard InChI is InChI=1S/C15H21F3N2O/c1-14(2)7-8-20(10-14)13(9-19)11-3-5-12(6-4-11)21-15(16,17)18/h3-6,13H,7-10,19H2,1-2H3. The van der Waals surface area contributed by atoms with Crippen LogP contribution < -0.4 is 10.5 Å². The fourth-order valence-electron chi connectivity index (χ4n) is 2.81. The molecule has 0 aliphatic carbocycles. The lowest BCUT2D eigenvalue weighted by Crippen LogP contribution is -2.33. The largest absolute Gasteiger partial charge is 0.573 e. The van der Waals surface area contributed by atoms with Crippen molar-refractivity contribution in [2.75, 3.05) is 19.6 Å². The highest BCUT2D eigenvalue weighted by Crippen LogP contribution is 2.35. The Morgan fingerprint density at radius 2 is 1.90 bits per heavy atom. The van der Waals surface area contributed by atoms with Crippen LogP contribution in [0.15, 0.2) is 24.3 Å². The summed E-state index contributed by atoms with van der Waals surface area (Å²) in [6, 6.07) is 6.03. The molecule has 1 aromatic carbocycles. The number of nitrogens with zero attached hydrogens (tertiary/aromatic N) is 1. The van der Waals surface area contributed by atoms with Crippen LogP contribution in [-0.2, 0) is 0 Å². The van der Waals surface area contributed by atoms with Crippen LogP contribution in [0.1, 0.15) is 31.9 Å². The van der Waals surface area contributed by atoms with E-state index in [1.807, 2.05) is 0 Å². The van der Waals surface area contributed by atoms with Crippen molar-refractivity contribution >= 4 is 0 Å². The third-order valence-electron chi connectivity index (χ3n) is 3.87. The Balaban J connectivity index is 2.09. The second-order valence-electron chi connectivity index (χ2n) is 6.25. The lowest BCUT2D eigenvalue weighted by atomic mass is 9.93. The summed E-state index contributed by atoms with van der Waals surface area (Å²) in [5, 5.41) is 0. The summed E-state index contributed by atoms with van der Waals surface area (Å²) in [6.45, 7) is 6.75. The molecule has 118 valence electrons. The van der Waals surface area contributed by atoms with Gasteiger partial charge in [-0.1, -0.05) is 26.0 Å². The fourth-order valence-corrected chi connectivity index (χ4v) is 2.81. The third-order valence-corrected chi connectivity index (χ3v) is 3.87. The zero-order valence-electron chi connectivity index (χ0n) is 12.3. The summed E-state index contributed by atoms with van der Waals surface area (Å²) in [7, 11) is 0. The molecule has 0 radical (unpaired) electrons. The van der Waals surface area contributed by atoms with E-state index < -0.39 is 6.36 Å². The SMILES string of the molecule is CC1(C)CCN(C(CN)c2ccc(OC(F)(F)F)cc2)C1. The van der Waals surface area contributed by atoms with Gasteiger partial charge in [0, 0.05) is 19.1 Å². The van der Waals surface area contributed by atoms with Crippen LogP contribution in [0.5, 0.6) is 5.75 Å². The molecular formula is C15H21F3N2O. The molecule has 0 spiro atoms. The molecule has 1 saturated heterocycles. The zero-order chi connectivity index (χ0) is 15.7. The first-order chi connectivity index (χ1) is 9.70. The van der Waals surface area contributed by atoms with Crippen molar-refractivity contribution in [1.29, 1.82) is 0 Å². The van der Waals surface area contributed by atoms with E-state index >= 15 is 0 Å². The average molecular weight is 302 g/mol. The van der Waals surface area contributed by atoms with Gasteiger partial charge in [0.1, 0.15) is 5.75 Å². The number of alkyl halides is 3. The van der Waals surface area contributed by atoms with E-state index in [0.717, 1.165) is 25.1 Å². The second-order valence-corrected chi connectivity index (χ2v) is 6.25. The monoisotopic (exact) mass is 302 g/mol. The van der Waals surface area contributed by atoms with Crippen LogP contribution in [0, 0.1) is 5.41 Å². The van der Waals surface area contributed by atoms with Crippen molar-refractivity contribution in [3.8, 4) is 5.75 Å². The zero-order valence-corrected chi connectivity index (χ0v) is 12.3. The van der Waals surface area contributed by atoms with Crippen molar-refractivity contribution < 1.29 is 17.9 Å². The van der Waals surface area contributed by atoms with Crippen molar-refractivity contribution in [2.24, 2.45) is 11.1 Å². The summed E-state index contributed by atoms with van der Waals surface area (Å²) in [5.74, 6) is -0.205. The van der Waals surface area contributed by atoms with Gasteiger partial charge < -0.3 is 10.5 Å². The molecule has 1 aromatic rings. The van der Waals surface area contributed by atoms with E-state index in [1.165, 1.54) is 12.1 Å². The molecule has 1 aliphatic rings. The highest BCUT2D eigenvalue weighted by atomic mass is 19.4. The molecule has 0 bridgehead atoms. The van der Waals surface area contributed by atoms with Crippen LogP contribution in [0.25, 0.3) is 0 Å². The fraction of sp³-hybridized carbons (Fsp3) is 0.600. The molecule has 0 aromatic heterocycles. The highest BCUT2D eigenvalue weighted by Gasteiger charge is 2.34. The Morgan fingerprint density at radius 1 is 1.29 bits per heavy atom. The lowest BCUT2D eigenvalue weighted by molar-refractivity contribution is -0.274. The van der Waals surface area contributed by atoms with Crippen LogP contribution in [-0.4, -0.2) is 30.9 Å². The Morgan fingerprint density at radius 3 is 2.33 bits per heavy atom. The van der Waals surface area contributed by atoms with Crippen LogP contribution in [0.4, 0.5) is 13.2 Å². The van der Waals surface area contributed by atoms with E-state index in [0.29, 0.717) is 6.54 Å². The summed E-state index contributed by atoms with van der Waals surface area (Å²) < 4.78 is 40.3. The molecule has 1 heterocycles. The Hall–Kier alpha value is -1.27. The lowest BCUT2D eigenvalue weighted by Gasteiger charge is -2.28. The predicted molar refractivity (Wildman–Crippen MR) is 74.9 cm³/mol. The molecule has 1 fully saturated rings. The average Bonchev–Trinajstić information content (AvgIpc) is 2.71. The molecule has 6 heteroatoms. The maximum Gasteiger partial charge on any atom is 0.573 e. The molecule has 0 saturated carbocycles. The Kier molecular flexibility index (Phi) is 4.49. The first kappa shape index (κ1) is 16.1. The maximum absolute atomic E-state index is 12.1. The maximum atomic E-state index is 12.1. The number of halogens is 3. The summed E-state index contributed by atoms with van der Waals surface area (Å²) >= 11 is 0. The minimum absolute atomic E-state index is 0.0340. The smallest absolute Gasteiger partial charge is 0.406 e. The van der Waals surface area contributed by atoms with E-state index in [4.69, 9.17) is 5.73 Å². The van der Waals surface area contributed by atoms with Crippen molar-refractivity contribution in [2.45, 2.75) is 32.7 Å². The molecule has 1 aliphatic heterocycles. The van der Waals surface area contributed by atoms with E-state index in [9.17, 15) is 13.2 Å². The molecule has 0 amide bonds. The summed E-state index contributed by atoms with van der Waals surface area (Å²) in [6.07, 6.45) is -3.56. The predicted octanol–water partition coefficient (Wildman–Crippen LogP) is 3.32. The molecule has 3 nitrogen and oxygen atoms in total. The van der Waals surface area contributed by atoms with E-state index in [1.54, 1.807) is 12.1 Å². The van der Waals surface area contributed by atoms with Gasteiger partial charge in [-0.2, -0.15) is 0 Å². The van der Waals surface area contributed by atoms with Crippen LogP contribution >= 0.6 is 0 Å². The first-order valence-corrected chi connectivity index (χ1v) is 7.00. The van der Waals surface area contributed by atoms with Gasteiger partial charge in [-0.05, 0) is 36.1 Å². The summed E-state index contributed by atoms with van der Waals surface area (Å²) in [4.78, 5) is 2.29. The van der Waals surface area contributed by atoms with Crippen LogP contribution in [0.2, 0.25) is 0 Å². The normalized spacial score (nSPS) is 20.5. The minimum atomic E-state index is -4.66. The Bertz CT molecular complexity index is 471. The van der Waals surface area contributed by atoms with Crippen LogP contribution in [0.3, 0.4) is 0 Å². The molecule has 2 rings (SSSR count). The second kappa shape index (κ2) is 5.85.